The molecule has 0 aromatic carbocycles. The van der Waals surface area contributed by atoms with Gasteiger partial charge in [-0.1, -0.05) is 6.92 Å². The van der Waals surface area contributed by atoms with E-state index in [1.165, 1.54) is 16.8 Å². The second-order valence-corrected chi connectivity index (χ2v) is 4.06. The third-order valence-corrected chi connectivity index (χ3v) is 2.78. The summed E-state index contributed by atoms with van der Waals surface area (Å²) in [5.74, 6) is 0.126. The molecule has 2 heterocycles. The van der Waals surface area contributed by atoms with Crippen molar-refractivity contribution in [3.63, 3.8) is 0 Å². The van der Waals surface area contributed by atoms with Gasteiger partial charge in [-0.15, -0.1) is 0 Å². The molecule has 1 aliphatic rings. The highest BCUT2D eigenvalue weighted by Gasteiger charge is 2.33. The van der Waals surface area contributed by atoms with E-state index in [-0.39, 0.29) is 18.6 Å². The van der Waals surface area contributed by atoms with E-state index in [1.54, 1.807) is 0 Å². The molecule has 8 heteroatoms. The zero-order valence-electron chi connectivity index (χ0n) is 11.7. The number of hydrogen-bond acceptors (Lipinski definition) is 5. The Morgan fingerprint density at radius 2 is 2.05 bits per heavy atom. The summed E-state index contributed by atoms with van der Waals surface area (Å²) in [5.41, 5.74) is -0.909. The monoisotopic (exact) mass is 292 g/mol. The quantitative estimate of drug-likeness (QED) is 0.691. The minimum atomic E-state index is -0.483. The van der Waals surface area contributed by atoms with Crippen LogP contribution < -0.4 is 11.2 Å². The van der Waals surface area contributed by atoms with Crippen LogP contribution in [0.1, 0.15) is 19.6 Å². The molecule has 1 aliphatic heterocycles. The van der Waals surface area contributed by atoms with Gasteiger partial charge in [0.2, 0.25) is 0 Å². The average molecular weight is 292 g/mol. The third kappa shape index (κ3) is 4.55. The van der Waals surface area contributed by atoms with Gasteiger partial charge in [-0.05, 0) is 6.42 Å². The molecule has 1 aromatic heterocycles. The van der Waals surface area contributed by atoms with E-state index in [9.17, 15) is 14.0 Å². The van der Waals surface area contributed by atoms with Crippen LogP contribution in [0.4, 0.5) is 4.39 Å². The van der Waals surface area contributed by atoms with Crippen LogP contribution in [0.3, 0.4) is 0 Å². The molecule has 2 rings (SSSR count). The van der Waals surface area contributed by atoms with Crippen LogP contribution in [0.25, 0.3) is 0 Å². The first-order chi connectivity index (χ1) is 9.61. The molecule has 1 saturated heterocycles. The summed E-state index contributed by atoms with van der Waals surface area (Å²) in [4.78, 5) is 24.6. The molecule has 3 N–H and O–H groups in total. The number of aliphatic hydroxyl groups is 2. The number of aromatic nitrogens is 2. The standard InChI is InChI=1S/C10H14N2O4.CH3F.CH4O/c1-6-4-7(5-13)16-9(6)12-3-2-8(14)11-10(12)15;2*1-2/h2-3,6-7,9,13H,4-5H2,1H3,(H,11,14,15);1H3;2H,1H3/t6-,7-,9+;;/m0../s1. The highest BCUT2D eigenvalue weighted by Crippen LogP contribution is 2.32. The van der Waals surface area contributed by atoms with Gasteiger partial charge in [0.15, 0.2) is 0 Å². The van der Waals surface area contributed by atoms with Crippen LogP contribution in [0, 0.1) is 5.92 Å². The van der Waals surface area contributed by atoms with Gasteiger partial charge < -0.3 is 14.9 Å². The Labute approximate surface area is 115 Å². The summed E-state index contributed by atoms with van der Waals surface area (Å²) in [6.07, 6.45) is 1.47. The maximum Gasteiger partial charge on any atom is 0.330 e. The van der Waals surface area contributed by atoms with Crippen molar-refractivity contribution < 1.29 is 19.3 Å². The molecular formula is C12H21FN2O5. The second-order valence-electron chi connectivity index (χ2n) is 4.06. The van der Waals surface area contributed by atoms with Crippen molar-refractivity contribution in [1.82, 2.24) is 9.55 Å². The predicted molar refractivity (Wildman–Crippen MR) is 71.3 cm³/mol. The first-order valence-corrected chi connectivity index (χ1v) is 6.02. The first-order valence-electron chi connectivity index (χ1n) is 6.02. The van der Waals surface area contributed by atoms with E-state index >= 15 is 0 Å². The molecule has 0 unspecified atom stereocenters. The van der Waals surface area contributed by atoms with Gasteiger partial charge in [0.1, 0.15) is 6.23 Å². The lowest BCUT2D eigenvalue weighted by Crippen LogP contribution is -2.33. The van der Waals surface area contributed by atoms with E-state index < -0.39 is 17.5 Å². The van der Waals surface area contributed by atoms with Crippen molar-refractivity contribution >= 4 is 0 Å². The Balaban J connectivity index is 0.000000829. The van der Waals surface area contributed by atoms with Gasteiger partial charge in [0.05, 0.1) is 19.9 Å². The first kappa shape index (κ1) is 18.5. The zero-order valence-corrected chi connectivity index (χ0v) is 11.7. The summed E-state index contributed by atoms with van der Waals surface area (Å²) >= 11 is 0. The second kappa shape index (κ2) is 9.40. The maximum atomic E-state index is 11.5. The normalized spacial score (nSPS) is 24.2. The lowest BCUT2D eigenvalue weighted by Gasteiger charge is -2.17. The lowest BCUT2D eigenvalue weighted by atomic mass is 10.1. The highest BCUT2D eigenvalue weighted by molar-refractivity contribution is 4.87. The number of aromatic amines is 1. The molecule has 0 aliphatic carbocycles. The van der Waals surface area contributed by atoms with Crippen molar-refractivity contribution in [2.75, 3.05) is 20.9 Å². The van der Waals surface area contributed by atoms with E-state index in [0.29, 0.717) is 13.6 Å². The van der Waals surface area contributed by atoms with Crippen LogP contribution in [0.5, 0.6) is 0 Å². The lowest BCUT2D eigenvalue weighted by molar-refractivity contribution is -0.0336. The summed E-state index contributed by atoms with van der Waals surface area (Å²) in [7, 11) is 1.50. The minimum Gasteiger partial charge on any atom is -0.400 e. The van der Waals surface area contributed by atoms with Crippen molar-refractivity contribution in [1.29, 1.82) is 0 Å². The molecule has 7 nitrogen and oxygen atoms in total. The molecule has 1 aromatic rings. The molecule has 116 valence electrons. The Morgan fingerprint density at radius 3 is 2.50 bits per heavy atom. The van der Waals surface area contributed by atoms with Gasteiger partial charge >= 0.3 is 5.69 Å². The van der Waals surface area contributed by atoms with Gasteiger partial charge in [0.25, 0.3) is 5.56 Å². The Morgan fingerprint density at radius 1 is 1.45 bits per heavy atom. The summed E-state index contributed by atoms with van der Waals surface area (Å²) < 4.78 is 16.4. The van der Waals surface area contributed by atoms with Crippen molar-refractivity contribution in [2.24, 2.45) is 5.92 Å². The number of halogens is 1. The summed E-state index contributed by atoms with van der Waals surface area (Å²) in [6.45, 7) is 1.89. The van der Waals surface area contributed by atoms with Crippen LogP contribution >= 0.6 is 0 Å². The number of H-pyrrole nitrogens is 1. The van der Waals surface area contributed by atoms with E-state index in [1.807, 2.05) is 6.92 Å². The molecule has 0 spiro atoms. The fourth-order valence-corrected chi connectivity index (χ4v) is 2.00. The van der Waals surface area contributed by atoms with Gasteiger partial charge in [-0.3, -0.25) is 18.7 Å². The summed E-state index contributed by atoms with van der Waals surface area (Å²) in [5, 5.41) is 16.0. The van der Waals surface area contributed by atoms with Gasteiger partial charge in [-0.25, -0.2) is 4.79 Å². The van der Waals surface area contributed by atoms with Gasteiger partial charge in [0, 0.05) is 25.3 Å². The van der Waals surface area contributed by atoms with E-state index in [2.05, 4.69) is 4.98 Å². The van der Waals surface area contributed by atoms with E-state index in [0.717, 1.165) is 7.11 Å². The number of nitrogens with zero attached hydrogens (tertiary/aromatic N) is 1. The Bertz CT molecular complexity index is 487. The number of hydrogen-bond donors (Lipinski definition) is 3. The Hall–Kier alpha value is -1.51. The van der Waals surface area contributed by atoms with Crippen molar-refractivity contribution in [2.45, 2.75) is 25.7 Å². The van der Waals surface area contributed by atoms with Crippen LogP contribution in [-0.2, 0) is 4.74 Å². The number of ether oxygens (including phenoxy) is 1. The number of nitrogens with one attached hydrogen (secondary N) is 1. The molecule has 1 fully saturated rings. The fraction of sp³-hybridized carbons (Fsp3) is 0.667. The number of aliphatic hydroxyl groups excluding tert-OH is 2. The average Bonchev–Trinajstić information content (AvgIpc) is 2.84. The van der Waals surface area contributed by atoms with Gasteiger partial charge in [-0.2, -0.15) is 0 Å². The van der Waals surface area contributed by atoms with Crippen molar-refractivity contribution in [3.05, 3.63) is 33.1 Å². The number of rotatable bonds is 2. The van der Waals surface area contributed by atoms with Crippen molar-refractivity contribution in [3.8, 4) is 0 Å². The Kier molecular flexibility index (Phi) is 8.69. The summed E-state index contributed by atoms with van der Waals surface area (Å²) in [6, 6.07) is 1.28. The van der Waals surface area contributed by atoms with Crippen LogP contribution in [0.15, 0.2) is 21.9 Å². The van der Waals surface area contributed by atoms with E-state index in [4.69, 9.17) is 14.9 Å². The molecule has 0 amide bonds. The molecule has 0 radical (unpaired) electrons. The molecule has 3 atom stereocenters. The minimum absolute atomic E-state index is 0.0566. The molecular weight excluding hydrogens is 271 g/mol. The van der Waals surface area contributed by atoms with Crippen LogP contribution in [0.2, 0.25) is 0 Å². The zero-order chi connectivity index (χ0) is 15.7. The van der Waals surface area contributed by atoms with Crippen LogP contribution in [-0.4, -0.2) is 46.8 Å². The topological polar surface area (TPSA) is 105 Å². The molecule has 20 heavy (non-hydrogen) atoms. The third-order valence-electron chi connectivity index (χ3n) is 2.78. The maximum absolute atomic E-state index is 11.5. The smallest absolute Gasteiger partial charge is 0.330 e. The largest absolute Gasteiger partial charge is 0.400 e. The molecule has 0 saturated carbocycles. The highest BCUT2D eigenvalue weighted by atomic mass is 19.1. The molecule has 0 bridgehead atoms. The fourth-order valence-electron chi connectivity index (χ4n) is 2.00. The predicted octanol–water partition coefficient (Wildman–Crippen LogP) is -0.353. The number of alkyl halides is 1. The SMILES string of the molecule is CF.CO.C[C@H]1C[C@@H](CO)O[C@H]1n1ccc(=O)[nH]c1=O.